The highest BCUT2D eigenvalue weighted by Crippen LogP contribution is 2.38. The van der Waals surface area contributed by atoms with Gasteiger partial charge in [0.15, 0.2) is 0 Å². The van der Waals surface area contributed by atoms with Crippen LogP contribution in [0.3, 0.4) is 0 Å². The highest BCUT2D eigenvalue weighted by Gasteiger charge is 2.53. The van der Waals surface area contributed by atoms with Crippen molar-refractivity contribution in [3.63, 3.8) is 0 Å². The Kier molecular flexibility index (Phi) is 43.8. The molecular formula is C102H120BBr3F4N10O15. The highest BCUT2D eigenvalue weighted by atomic mass is 79.9. The Labute approximate surface area is 812 Å². The molecule has 15 rings (SSSR count). The fourth-order valence-corrected chi connectivity index (χ4v) is 14.8. The van der Waals surface area contributed by atoms with E-state index in [4.69, 9.17) is 34.0 Å². The van der Waals surface area contributed by atoms with Crippen LogP contribution in [0.2, 0.25) is 0 Å². The number of nitrogens with one attached hydrogen (secondary N) is 6. The second-order valence-corrected chi connectivity index (χ2v) is 35.8. The van der Waals surface area contributed by atoms with Crippen molar-refractivity contribution in [1.29, 1.82) is 0 Å². The SMILES string of the molecule is Brc1ccc(C2CO2)cc1.CC(=O)NC[C@H]1CN(c2ccc(-c3ccc([C@H](O)CNCCCF)cc3)c(F)c2)C(=O)O1.CC(=O)NC[C@H]1CN(c2ccc(-c3ccc([C@H](O)CNCc4ccccc4)cc3)c(F)c2)C(=O)O1.CC(=O)NC[C@H]1CN(c2ccc(B3OC(C)(C)C(C)(C)O3)c(F)c2)C(=O)O1.CCCCBr.NCc1ccccc1.O[C@H](CNCc1ccccc1)c1ccc(Br)cc1. The third-order valence-electron chi connectivity index (χ3n) is 22.1. The Balaban J connectivity index is 0.000000189. The molecule has 5 aliphatic heterocycles. The van der Waals surface area contributed by atoms with E-state index in [1.807, 2.05) is 143 Å². The number of alkyl halides is 2. The van der Waals surface area contributed by atoms with Crippen molar-refractivity contribution in [3.8, 4) is 22.3 Å². The molecule has 720 valence electrons. The van der Waals surface area contributed by atoms with Gasteiger partial charge in [-0.2, -0.15) is 0 Å². The smallest absolute Gasteiger partial charge is 0.442 e. The molecule has 0 aromatic heterocycles. The van der Waals surface area contributed by atoms with Crippen LogP contribution in [0, 0.1) is 17.5 Å². The molecule has 5 saturated heterocycles. The van der Waals surface area contributed by atoms with E-state index in [1.54, 1.807) is 84.9 Å². The average Bonchev–Trinajstić information content (AvgIpc) is 1.62. The molecule has 7 atom stereocenters. The van der Waals surface area contributed by atoms with E-state index in [-0.39, 0.29) is 62.5 Å². The van der Waals surface area contributed by atoms with Crippen molar-refractivity contribution < 1.29 is 89.9 Å². The molecule has 0 spiro atoms. The summed E-state index contributed by atoms with van der Waals surface area (Å²) in [6.07, 6.45) is -1.74. The minimum Gasteiger partial charge on any atom is -0.442 e. The quantitative estimate of drug-likeness (QED) is 0.00468. The van der Waals surface area contributed by atoms with Gasteiger partial charge in [0.2, 0.25) is 17.7 Å². The van der Waals surface area contributed by atoms with Crippen LogP contribution in [-0.2, 0) is 62.3 Å². The number of epoxide rings is 1. The van der Waals surface area contributed by atoms with Gasteiger partial charge in [0, 0.05) is 90.9 Å². The van der Waals surface area contributed by atoms with Crippen molar-refractivity contribution in [1.82, 2.24) is 31.9 Å². The number of aliphatic hydroxyl groups is 3. The molecule has 25 nitrogen and oxygen atoms in total. The molecule has 5 fully saturated rings. The predicted octanol–water partition coefficient (Wildman–Crippen LogP) is 17.4. The zero-order chi connectivity index (χ0) is 97.6. The first-order valence-corrected chi connectivity index (χ1v) is 47.3. The number of benzene rings is 10. The van der Waals surface area contributed by atoms with Gasteiger partial charge in [0.25, 0.3) is 0 Å². The van der Waals surface area contributed by atoms with Gasteiger partial charge in [-0.25, -0.2) is 27.6 Å². The molecule has 0 radical (unpaired) electrons. The Hall–Kier alpha value is -10.8. The van der Waals surface area contributed by atoms with E-state index in [9.17, 15) is 61.6 Å². The number of carbonyl (C=O) groups is 6. The number of carbonyl (C=O) groups excluding carboxylic acids is 6. The van der Waals surface area contributed by atoms with Gasteiger partial charge >= 0.3 is 25.4 Å². The number of rotatable bonds is 32. The van der Waals surface area contributed by atoms with Gasteiger partial charge in [-0.3, -0.25) is 33.5 Å². The number of hydrogen-bond acceptors (Lipinski definition) is 19. The van der Waals surface area contributed by atoms with Gasteiger partial charge < -0.3 is 81.2 Å². The van der Waals surface area contributed by atoms with E-state index in [2.05, 4.69) is 111 Å². The Morgan fingerprint density at radius 2 is 0.830 bits per heavy atom. The molecule has 10 aromatic rings. The molecule has 5 aliphatic rings. The number of ether oxygens (including phenoxy) is 4. The average molecular weight is 2050 g/mol. The number of nitrogens with two attached hydrogens (primary N) is 1. The lowest BCUT2D eigenvalue weighted by atomic mass is 9.78. The van der Waals surface area contributed by atoms with Crippen molar-refractivity contribution in [2.75, 3.05) is 98.8 Å². The van der Waals surface area contributed by atoms with Gasteiger partial charge in [0.1, 0.15) is 41.9 Å². The van der Waals surface area contributed by atoms with Gasteiger partial charge in [0.05, 0.1) is 99.1 Å². The van der Waals surface area contributed by atoms with Crippen LogP contribution in [0.1, 0.15) is 138 Å². The molecule has 11 N–H and O–H groups in total. The zero-order valence-electron chi connectivity index (χ0n) is 77.0. The Morgan fingerprint density at radius 3 is 1.15 bits per heavy atom. The summed E-state index contributed by atoms with van der Waals surface area (Å²) in [5.74, 6) is -2.13. The summed E-state index contributed by atoms with van der Waals surface area (Å²) in [7, 11) is -0.818. The first kappa shape index (κ1) is 108. The van der Waals surface area contributed by atoms with Crippen molar-refractivity contribution in [3.05, 3.63) is 308 Å². The van der Waals surface area contributed by atoms with Crippen LogP contribution < -0.4 is 57.8 Å². The minimum absolute atomic E-state index is 0.196. The van der Waals surface area contributed by atoms with Crippen molar-refractivity contribution in [2.45, 2.75) is 148 Å². The summed E-state index contributed by atoms with van der Waals surface area (Å²) in [6, 6.07) is 73.6. The molecule has 0 bridgehead atoms. The minimum atomic E-state index is -0.818. The van der Waals surface area contributed by atoms with Crippen LogP contribution >= 0.6 is 47.8 Å². The normalized spacial score (nSPS) is 17.0. The van der Waals surface area contributed by atoms with Crippen LogP contribution in [-0.4, -0.2) is 172 Å². The summed E-state index contributed by atoms with van der Waals surface area (Å²) in [5.41, 5.74) is 14.8. The second kappa shape index (κ2) is 54.8. The van der Waals surface area contributed by atoms with E-state index in [0.717, 1.165) is 44.1 Å². The lowest BCUT2D eigenvalue weighted by Crippen LogP contribution is -2.41. The summed E-state index contributed by atoms with van der Waals surface area (Å²) < 4.78 is 91.3. The molecule has 5 heterocycles. The second-order valence-electron chi connectivity index (χ2n) is 33.2. The van der Waals surface area contributed by atoms with Crippen molar-refractivity contribution >= 4 is 113 Å². The predicted molar refractivity (Wildman–Crippen MR) is 529 cm³/mol. The topological polar surface area (TPSA) is 330 Å². The Bertz CT molecular complexity index is 5360. The van der Waals surface area contributed by atoms with Gasteiger partial charge in [-0.15, -0.1) is 0 Å². The maximum absolute atomic E-state index is 15.0. The molecule has 1 unspecified atom stereocenters. The molecule has 0 saturated carbocycles. The van der Waals surface area contributed by atoms with Crippen LogP contribution in [0.25, 0.3) is 22.3 Å². The van der Waals surface area contributed by atoms with E-state index in [1.165, 1.54) is 83.2 Å². The van der Waals surface area contributed by atoms with Gasteiger partial charge in [-0.05, 0) is 170 Å². The zero-order valence-corrected chi connectivity index (χ0v) is 81.7. The van der Waals surface area contributed by atoms with Crippen LogP contribution in [0.15, 0.2) is 252 Å². The highest BCUT2D eigenvalue weighted by molar-refractivity contribution is 9.10. The third kappa shape index (κ3) is 35.1. The molecule has 10 aromatic carbocycles. The number of nitrogens with zero attached hydrogens (tertiary/aromatic N) is 3. The van der Waals surface area contributed by atoms with Gasteiger partial charge in [-0.1, -0.05) is 231 Å². The summed E-state index contributed by atoms with van der Waals surface area (Å²) in [4.78, 5) is 73.5. The van der Waals surface area contributed by atoms with E-state index in [0.29, 0.717) is 96.7 Å². The molecule has 33 heteroatoms. The van der Waals surface area contributed by atoms with Crippen LogP contribution in [0.4, 0.5) is 49.0 Å². The van der Waals surface area contributed by atoms with E-state index < -0.39 is 97.4 Å². The summed E-state index contributed by atoms with van der Waals surface area (Å²) in [5, 5.41) is 49.1. The van der Waals surface area contributed by atoms with Crippen LogP contribution in [0.5, 0.6) is 0 Å². The lowest BCUT2D eigenvalue weighted by molar-refractivity contribution is -0.120. The number of anilines is 3. The lowest BCUT2D eigenvalue weighted by Gasteiger charge is -2.32. The maximum atomic E-state index is 15.0. The number of halogens is 7. The maximum Gasteiger partial charge on any atom is 0.497 e. The number of amides is 6. The van der Waals surface area contributed by atoms with Crippen molar-refractivity contribution in [2.24, 2.45) is 5.73 Å². The first-order chi connectivity index (χ1) is 64.7. The first-order valence-electron chi connectivity index (χ1n) is 44.6. The number of unbranched alkanes of at least 4 members (excludes halogenated alkanes) is 1. The summed E-state index contributed by atoms with van der Waals surface area (Å²) >= 11 is 10.1. The third-order valence-corrected chi connectivity index (χ3v) is 23.8. The standard InChI is InChI=1S/C27H28FN3O4.C23H27F2N3O4.C18H24BFN2O5.C15H16BrNO.C8H7BrO.C7H9N.C4H9Br/c1-18(32)30-15-23-17-31(27(34)35-23)22-11-12-24(25(28)13-22)20-7-9-21(10-8-20)26(33)16-29-14-19-5-3-2-4-6-19;1-15(29)27-12-19-14-28(23(31)32-19)18-7-8-20(21(25)11-18)16-3-5-17(6-4-16)22(30)13-26-10-2-9-24;1-11(23)21-9-13-10-22(16(24)25-13)12-6-7-14(15(20)8-12)19-26-17(2,3)18(4,5)27-19;16-14-8-6-13(7-9-14)15(18)11-17-10-12-4-2-1-3-5-12;9-7-3-1-6(2-4-7)8-5-10-8;8-6-7-4-2-1-3-5-7;1-2-3-4-5/h2-13,23,26,29,33H,14-17H2,1H3,(H,30,32);3-8,11,19,22,26,30H,2,9-10,12-14H2,1H3,(H,27,29);6-8,13H,9-10H2,1-5H3,(H,21,23);1-9,15,17-18H,10-11H2;1-4,8H,5H2;1-5H,6,8H2;2-4H2,1H3/t23-,26+;19-,22+;13-;15-;;;/m0001.../s1. The number of aliphatic hydroxyl groups excluding tert-OH is 3. The largest absolute Gasteiger partial charge is 0.497 e. The van der Waals surface area contributed by atoms with E-state index >= 15 is 0 Å². The fraction of sp³-hybridized carbons (Fsp3) is 0.353. The fourth-order valence-electron chi connectivity index (χ4n) is 13.7. The molecular weight excluding hydrogens is 1930 g/mol. The number of hydrogen-bond donors (Lipinski definition) is 10. The molecule has 6 amide bonds. The summed E-state index contributed by atoms with van der Waals surface area (Å²) in [6.45, 7) is 19.5. The number of cyclic esters (lactones) is 3. The molecule has 0 aliphatic carbocycles. The Morgan fingerprint density at radius 1 is 0.481 bits per heavy atom. The molecule has 135 heavy (non-hydrogen) atoms. The monoisotopic (exact) mass is 2050 g/mol.